The van der Waals surface area contributed by atoms with Crippen molar-refractivity contribution >= 4 is 17.6 Å². The zero-order valence-corrected chi connectivity index (χ0v) is 14.7. The zero-order valence-electron chi connectivity index (χ0n) is 14.7. The van der Waals surface area contributed by atoms with Crippen LogP contribution < -0.4 is 10.6 Å². The molecule has 130 valence electrons. The van der Waals surface area contributed by atoms with Crippen LogP contribution in [0.15, 0.2) is 36.7 Å². The molecule has 0 spiro atoms. The molecule has 1 aliphatic rings. The van der Waals surface area contributed by atoms with Crippen LogP contribution in [0.4, 0.5) is 5.82 Å². The Morgan fingerprint density at radius 3 is 2.24 bits per heavy atom. The Bertz CT molecular complexity index is 786. The molecule has 6 nitrogen and oxygen atoms in total. The lowest BCUT2D eigenvalue weighted by Crippen LogP contribution is -2.37. The van der Waals surface area contributed by atoms with Crippen molar-refractivity contribution in [2.24, 2.45) is 5.41 Å². The molecule has 25 heavy (non-hydrogen) atoms. The molecule has 0 unspecified atom stereocenters. The summed E-state index contributed by atoms with van der Waals surface area (Å²) in [7, 11) is 0. The van der Waals surface area contributed by atoms with Crippen LogP contribution in [0.25, 0.3) is 0 Å². The molecule has 0 radical (unpaired) electrons. The number of aromatic nitrogens is 2. The van der Waals surface area contributed by atoms with Gasteiger partial charge < -0.3 is 10.6 Å². The number of nitrogens with one attached hydrogen (secondary N) is 2. The number of hydrogen-bond acceptors (Lipinski definition) is 4. The van der Waals surface area contributed by atoms with Crippen LogP contribution in [0.5, 0.6) is 0 Å². The molecule has 1 aromatic carbocycles. The van der Waals surface area contributed by atoms with Crippen molar-refractivity contribution in [1.29, 1.82) is 0 Å². The summed E-state index contributed by atoms with van der Waals surface area (Å²) in [4.78, 5) is 33.1. The Balaban J connectivity index is 1.72. The molecule has 1 aromatic heterocycles. The fourth-order valence-electron chi connectivity index (χ4n) is 2.81. The maximum atomic E-state index is 12.6. The van der Waals surface area contributed by atoms with Crippen LogP contribution in [-0.2, 0) is 17.6 Å². The van der Waals surface area contributed by atoms with E-state index in [1.807, 2.05) is 12.1 Å². The van der Waals surface area contributed by atoms with Gasteiger partial charge in [-0.1, -0.05) is 45.0 Å². The first-order chi connectivity index (χ1) is 11.8. The van der Waals surface area contributed by atoms with E-state index in [0.29, 0.717) is 0 Å². The second kappa shape index (κ2) is 6.63. The predicted molar refractivity (Wildman–Crippen MR) is 95.2 cm³/mol. The third-order valence-electron chi connectivity index (χ3n) is 4.21. The molecule has 0 atom stereocenters. The summed E-state index contributed by atoms with van der Waals surface area (Å²) in [5.41, 5.74) is 2.07. The Hall–Kier alpha value is -2.76. The summed E-state index contributed by atoms with van der Waals surface area (Å²) < 4.78 is 0. The third-order valence-corrected chi connectivity index (χ3v) is 4.21. The van der Waals surface area contributed by atoms with Crippen LogP contribution in [-0.4, -0.2) is 27.8 Å². The summed E-state index contributed by atoms with van der Waals surface area (Å²) in [5, 5.41) is 5.70. The smallest absolute Gasteiger partial charge is 0.273 e. The van der Waals surface area contributed by atoms with E-state index in [2.05, 4.69) is 32.7 Å². The average molecular weight is 338 g/mol. The summed E-state index contributed by atoms with van der Waals surface area (Å²) in [6.07, 6.45) is 4.50. The molecule has 3 rings (SSSR count). The van der Waals surface area contributed by atoms with Crippen molar-refractivity contribution in [2.45, 2.75) is 39.7 Å². The number of carbonyl (C=O) groups is 2. The van der Waals surface area contributed by atoms with Gasteiger partial charge in [0.05, 0.1) is 0 Å². The van der Waals surface area contributed by atoms with Crippen LogP contribution in [0.2, 0.25) is 0 Å². The van der Waals surface area contributed by atoms with Gasteiger partial charge in [-0.15, -0.1) is 0 Å². The summed E-state index contributed by atoms with van der Waals surface area (Å²) in [6.45, 7) is 5.40. The molecule has 2 aromatic rings. The number of hydrogen-bond donors (Lipinski definition) is 2. The standard InChI is InChI=1S/C19H22N4O2/c1-19(2,3)18(25)23-16-15(20-8-9-21-16)17(24)22-14-10-12-6-4-5-7-13(12)11-14/h4-9,14H,10-11H2,1-3H3,(H,22,24)(H,21,23,25). The van der Waals surface area contributed by atoms with Crippen molar-refractivity contribution in [2.75, 3.05) is 5.32 Å². The molecule has 0 aliphatic heterocycles. The van der Waals surface area contributed by atoms with Gasteiger partial charge in [-0.05, 0) is 24.0 Å². The minimum atomic E-state index is -0.585. The summed E-state index contributed by atoms with van der Waals surface area (Å²) >= 11 is 0. The number of benzene rings is 1. The first-order valence-electron chi connectivity index (χ1n) is 8.34. The molecule has 0 saturated heterocycles. The van der Waals surface area contributed by atoms with Gasteiger partial charge in [0.1, 0.15) is 0 Å². The SMILES string of the molecule is CC(C)(C)C(=O)Nc1nccnc1C(=O)NC1Cc2ccccc2C1. The normalized spacial score (nSPS) is 14.0. The molecule has 0 bridgehead atoms. The van der Waals surface area contributed by atoms with Crippen molar-refractivity contribution in [3.05, 3.63) is 53.5 Å². The predicted octanol–water partition coefficient (Wildman–Crippen LogP) is 2.36. The highest BCUT2D eigenvalue weighted by Gasteiger charge is 2.27. The van der Waals surface area contributed by atoms with Crippen LogP contribution in [0, 0.1) is 5.41 Å². The quantitative estimate of drug-likeness (QED) is 0.900. The number of fused-ring (bicyclic) bond motifs is 1. The van der Waals surface area contributed by atoms with Gasteiger partial charge in [0.15, 0.2) is 11.5 Å². The average Bonchev–Trinajstić information content (AvgIpc) is 2.96. The number of carbonyl (C=O) groups excluding carboxylic acids is 2. The number of rotatable bonds is 3. The molecule has 1 aliphatic carbocycles. The maximum Gasteiger partial charge on any atom is 0.273 e. The van der Waals surface area contributed by atoms with Crippen LogP contribution >= 0.6 is 0 Å². The van der Waals surface area contributed by atoms with Gasteiger partial charge in [0.2, 0.25) is 5.91 Å². The van der Waals surface area contributed by atoms with Gasteiger partial charge in [0, 0.05) is 23.9 Å². The van der Waals surface area contributed by atoms with E-state index >= 15 is 0 Å². The van der Waals surface area contributed by atoms with E-state index < -0.39 is 5.41 Å². The number of amides is 2. The monoisotopic (exact) mass is 338 g/mol. The minimum absolute atomic E-state index is 0.0260. The lowest BCUT2D eigenvalue weighted by Gasteiger charge is -2.18. The second-order valence-corrected chi connectivity index (χ2v) is 7.31. The van der Waals surface area contributed by atoms with Crippen molar-refractivity contribution in [3.63, 3.8) is 0 Å². The van der Waals surface area contributed by atoms with Gasteiger partial charge in [0.25, 0.3) is 5.91 Å². The lowest BCUT2D eigenvalue weighted by atomic mass is 9.96. The van der Waals surface area contributed by atoms with Gasteiger partial charge in [-0.25, -0.2) is 9.97 Å². The minimum Gasteiger partial charge on any atom is -0.347 e. The molecular weight excluding hydrogens is 316 g/mol. The number of anilines is 1. The Morgan fingerprint density at radius 1 is 1.04 bits per heavy atom. The molecule has 2 N–H and O–H groups in total. The van der Waals surface area contributed by atoms with E-state index in [0.717, 1.165) is 12.8 Å². The van der Waals surface area contributed by atoms with Crippen molar-refractivity contribution in [1.82, 2.24) is 15.3 Å². The Morgan fingerprint density at radius 2 is 1.64 bits per heavy atom. The van der Waals surface area contributed by atoms with Crippen molar-refractivity contribution < 1.29 is 9.59 Å². The van der Waals surface area contributed by atoms with E-state index in [4.69, 9.17) is 0 Å². The molecule has 0 fully saturated rings. The molecular formula is C19H22N4O2. The Labute approximate surface area is 147 Å². The van der Waals surface area contributed by atoms with Crippen LogP contribution in [0.3, 0.4) is 0 Å². The van der Waals surface area contributed by atoms with E-state index in [1.54, 1.807) is 20.8 Å². The van der Waals surface area contributed by atoms with Gasteiger partial charge in [-0.3, -0.25) is 9.59 Å². The highest BCUT2D eigenvalue weighted by molar-refractivity contribution is 6.02. The highest BCUT2D eigenvalue weighted by atomic mass is 16.2. The molecule has 6 heteroatoms. The maximum absolute atomic E-state index is 12.6. The second-order valence-electron chi connectivity index (χ2n) is 7.31. The molecule has 2 amide bonds. The van der Waals surface area contributed by atoms with Gasteiger partial charge in [-0.2, -0.15) is 0 Å². The van der Waals surface area contributed by atoms with E-state index in [-0.39, 0.29) is 29.4 Å². The lowest BCUT2D eigenvalue weighted by molar-refractivity contribution is -0.123. The zero-order chi connectivity index (χ0) is 18.0. The van der Waals surface area contributed by atoms with Gasteiger partial charge >= 0.3 is 0 Å². The molecule has 1 heterocycles. The third kappa shape index (κ3) is 3.84. The summed E-state index contributed by atoms with van der Waals surface area (Å²) in [6, 6.07) is 8.20. The largest absolute Gasteiger partial charge is 0.347 e. The van der Waals surface area contributed by atoms with Crippen LogP contribution in [0.1, 0.15) is 42.4 Å². The van der Waals surface area contributed by atoms with E-state index in [9.17, 15) is 9.59 Å². The first kappa shape index (κ1) is 17.1. The highest BCUT2D eigenvalue weighted by Crippen LogP contribution is 2.22. The van der Waals surface area contributed by atoms with Crippen molar-refractivity contribution in [3.8, 4) is 0 Å². The fraction of sp³-hybridized carbons (Fsp3) is 0.368. The number of nitrogens with zero attached hydrogens (tertiary/aromatic N) is 2. The van der Waals surface area contributed by atoms with E-state index in [1.165, 1.54) is 23.5 Å². The fourth-order valence-corrected chi connectivity index (χ4v) is 2.81. The molecule has 0 saturated carbocycles. The Kier molecular flexibility index (Phi) is 4.53. The summed E-state index contributed by atoms with van der Waals surface area (Å²) in [5.74, 6) is -0.346. The topological polar surface area (TPSA) is 84.0 Å². The first-order valence-corrected chi connectivity index (χ1v) is 8.34.